The molecule has 1 N–H and O–H groups in total. The maximum Gasteiger partial charge on any atom is 0.273 e. The number of aliphatic imine (C=N–C) groups is 1. The molecule has 0 heterocycles. The minimum Gasteiger partial charge on any atom is -0.378 e. The molecule has 0 saturated heterocycles. The summed E-state index contributed by atoms with van der Waals surface area (Å²) in [6.45, 7) is 1.90. The molecule has 0 amide bonds. The number of rotatable bonds is 8. The van der Waals surface area contributed by atoms with E-state index in [1.807, 2.05) is 43.3 Å². The van der Waals surface area contributed by atoms with Crippen LogP contribution < -0.4 is 9.62 Å². The zero-order chi connectivity index (χ0) is 20.0. The highest BCUT2D eigenvalue weighted by Gasteiger charge is 2.19. The topological polar surface area (TPSA) is 105 Å². The highest BCUT2D eigenvalue weighted by Crippen LogP contribution is 2.21. The Kier molecular flexibility index (Phi) is 6.65. The summed E-state index contributed by atoms with van der Waals surface area (Å²) in [5, 5.41) is 11.0. The van der Waals surface area contributed by atoms with E-state index in [9.17, 15) is 18.5 Å². The van der Waals surface area contributed by atoms with Crippen molar-refractivity contribution in [2.24, 2.45) is 4.99 Å². The fourth-order valence-corrected chi connectivity index (χ4v) is 3.35. The predicted octanol–water partition coefficient (Wildman–Crippen LogP) is 2.37. The molecule has 0 unspecified atom stereocenters. The summed E-state index contributed by atoms with van der Waals surface area (Å²) in [5.74, 6) is 0. The number of sulfonamides is 1. The minimum absolute atomic E-state index is 0.0935. The highest BCUT2D eigenvalue weighted by molar-refractivity contribution is 7.89. The van der Waals surface area contributed by atoms with Gasteiger partial charge in [-0.25, -0.2) is 13.1 Å². The van der Waals surface area contributed by atoms with E-state index in [2.05, 4.69) is 9.71 Å². The van der Waals surface area contributed by atoms with Gasteiger partial charge < -0.3 is 4.90 Å². The van der Waals surface area contributed by atoms with Crippen LogP contribution in [0.25, 0.3) is 0 Å². The third-order valence-corrected chi connectivity index (χ3v) is 5.33. The molecule has 0 spiro atoms. The Morgan fingerprint density at radius 2 is 1.85 bits per heavy atom. The van der Waals surface area contributed by atoms with Crippen LogP contribution in [0.4, 0.5) is 11.4 Å². The summed E-state index contributed by atoms with van der Waals surface area (Å²) in [6, 6.07) is 11.6. The monoisotopic (exact) mass is 390 g/mol. The van der Waals surface area contributed by atoms with Gasteiger partial charge in [-0.15, -0.1) is 0 Å². The van der Waals surface area contributed by atoms with E-state index in [0.29, 0.717) is 5.56 Å². The maximum absolute atomic E-state index is 12.3. The van der Waals surface area contributed by atoms with Gasteiger partial charge in [0.2, 0.25) is 10.0 Å². The Labute approximate surface area is 158 Å². The van der Waals surface area contributed by atoms with E-state index in [0.717, 1.165) is 17.3 Å². The number of nitro groups is 1. The first-order valence-corrected chi connectivity index (χ1v) is 9.71. The molecule has 27 heavy (non-hydrogen) atoms. The van der Waals surface area contributed by atoms with Crippen molar-refractivity contribution in [3.63, 3.8) is 0 Å². The summed E-state index contributed by atoms with van der Waals surface area (Å²) in [5.41, 5.74) is 2.17. The molecule has 0 aliphatic carbocycles. The molecular formula is C18H22N4O4S. The van der Waals surface area contributed by atoms with Crippen LogP contribution in [0.1, 0.15) is 11.1 Å². The molecule has 0 aliphatic rings. The lowest BCUT2D eigenvalue weighted by molar-refractivity contribution is -0.385. The first kappa shape index (κ1) is 20.5. The smallest absolute Gasteiger partial charge is 0.273 e. The van der Waals surface area contributed by atoms with Gasteiger partial charge in [-0.2, -0.15) is 0 Å². The summed E-state index contributed by atoms with van der Waals surface area (Å²) >= 11 is 0. The zero-order valence-corrected chi connectivity index (χ0v) is 16.2. The number of hydrogen-bond donors (Lipinski definition) is 1. The maximum atomic E-state index is 12.3. The largest absolute Gasteiger partial charge is 0.378 e. The quantitative estimate of drug-likeness (QED) is 0.322. The van der Waals surface area contributed by atoms with Crippen LogP contribution in [-0.4, -0.2) is 46.7 Å². The fraction of sp³-hybridized carbons (Fsp3) is 0.278. The molecule has 2 rings (SSSR count). The SMILES string of the molecule is Cc1ccc(S(=O)(=O)NCCN=Cc2ccc(N(C)C)cc2)cc1[N+](=O)[O-]. The van der Waals surface area contributed by atoms with Crippen LogP contribution >= 0.6 is 0 Å². The van der Waals surface area contributed by atoms with Gasteiger partial charge in [-0.3, -0.25) is 15.1 Å². The standard InChI is InChI=1S/C18H22N4O4S/c1-14-4-9-17(12-18(14)22(23)24)27(25,26)20-11-10-19-13-15-5-7-16(8-6-15)21(2)3/h4-9,12-13,20H,10-11H2,1-3H3. The van der Waals surface area contributed by atoms with Gasteiger partial charge in [0.15, 0.2) is 0 Å². The zero-order valence-electron chi connectivity index (χ0n) is 15.4. The van der Waals surface area contributed by atoms with Crippen LogP contribution in [0.2, 0.25) is 0 Å². The van der Waals surface area contributed by atoms with Crippen molar-refractivity contribution < 1.29 is 13.3 Å². The lowest BCUT2D eigenvalue weighted by Crippen LogP contribution is -2.26. The number of nitro benzene ring substituents is 1. The first-order valence-electron chi connectivity index (χ1n) is 8.22. The molecule has 0 saturated carbocycles. The lowest BCUT2D eigenvalue weighted by atomic mass is 10.2. The first-order chi connectivity index (χ1) is 12.7. The Morgan fingerprint density at radius 3 is 2.44 bits per heavy atom. The second-order valence-electron chi connectivity index (χ2n) is 6.12. The summed E-state index contributed by atoms with van der Waals surface area (Å²) < 4.78 is 26.9. The van der Waals surface area contributed by atoms with Crippen molar-refractivity contribution in [1.29, 1.82) is 0 Å². The van der Waals surface area contributed by atoms with Crippen molar-refractivity contribution in [3.8, 4) is 0 Å². The number of anilines is 1. The molecule has 2 aromatic carbocycles. The molecule has 0 fully saturated rings. The molecule has 144 valence electrons. The van der Waals surface area contributed by atoms with E-state index in [-0.39, 0.29) is 23.7 Å². The number of nitrogens with zero attached hydrogens (tertiary/aromatic N) is 3. The molecule has 9 heteroatoms. The van der Waals surface area contributed by atoms with Crippen LogP contribution in [0, 0.1) is 17.0 Å². The van der Waals surface area contributed by atoms with Crippen LogP contribution in [0.15, 0.2) is 52.4 Å². The molecule has 0 aromatic heterocycles. The molecule has 0 radical (unpaired) electrons. The second-order valence-corrected chi connectivity index (χ2v) is 7.89. The Balaban J connectivity index is 1.94. The van der Waals surface area contributed by atoms with Gasteiger partial charge in [0.25, 0.3) is 5.69 Å². The number of aryl methyl sites for hydroxylation is 1. The summed E-state index contributed by atoms with van der Waals surface area (Å²) in [4.78, 5) is 16.4. The number of nitrogens with one attached hydrogen (secondary N) is 1. The third kappa shape index (κ3) is 5.60. The van der Waals surface area contributed by atoms with E-state index in [1.54, 1.807) is 13.1 Å². The fourth-order valence-electron chi connectivity index (χ4n) is 2.31. The molecular weight excluding hydrogens is 368 g/mol. The molecule has 0 atom stereocenters. The molecule has 0 bridgehead atoms. The van der Waals surface area contributed by atoms with Gasteiger partial charge in [0.05, 0.1) is 16.4 Å². The van der Waals surface area contributed by atoms with Crippen molar-refractivity contribution in [1.82, 2.24) is 4.72 Å². The van der Waals surface area contributed by atoms with Crippen molar-refractivity contribution in [3.05, 3.63) is 63.7 Å². The highest BCUT2D eigenvalue weighted by atomic mass is 32.2. The van der Waals surface area contributed by atoms with Crippen LogP contribution in [-0.2, 0) is 10.0 Å². The minimum atomic E-state index is -3.83. The third-order valence-electron chi connectivity index (χ3n) is 3.87. The van der Waals surface area contributed by atoms with E-state index >= 15 is 0 Å². The van der Waals surface area contributed by atoms with Crippen molar-refractivity contribution in [2.75, 3.05) is 32.1 Å². The van der Waals surface area contributed by atoms with Gasteiger partial charge in [0.1, 0.15) is 0 Å². The normalized spacial score (nSPS) is 11.7. The number of hydrogen-bond acceptors (Lipinski definition) is 6. The lowest BCUT2D eigenvalue weighted by Gasteiger charge is -2.11. The van der Waals surface area contributed by atoms with Crippen molar-refractivity contribution in [2.45, 2.75) is 11.8 Å². The van der Waals surface area contributed by atoms with Gasteiger partial charge >= 0.3 is 0 Å². The van der Waals surface area contributed by atoms with Gasteiger partial charge in [0, 0.05) is 44.2 Å². The molecule has 2 aromatic rings. The summed E-state index contributed by atoms with van der Waals surface area (Å²) in [6.07, 6.45) is 1.67. The average molecular weight is 390 g/mol. The second kappa shape index (κ2) is 8.74. The van der Waals surface area contributed by atoms with Crippen LogP contribution in [0.5, 0.6) is 0 Å². The molecule has 8 nitrogen and oxygen atoms in total. The van der Waals surface area contributed by atoms with Crippen molar-refractivity contribution >= 4 is 27.6 Å². The van der Waals surface area contributed by atoms with E-state index < -0.39 is 14.9 Å². The van der Waals surface area contributed by atoms with E-state index in [1.165, 1.54) is 12.1 Å². The van der Waals surface area contributed by atoms with Gasteiger partial charge in [-0.05, 0) is 30.7 Å². The Hall–Kier alpha value is -2.78. The summed E-state index contributed by atoms with van der Waals surface area (Å²) in [7, 11) is 0.0853. The van der Waals surface area contributed by atoms with Crippen LogP contribution in [0.3, 0.4) is 0 Å². The Bertz CT molecular complexity index is 938. The Morgan fingerprint density at radius 1 is 1.19 bits per heavy atom. The van der Waals surface area contributed by atoms with E-state index in [4.69, 9.17) is 0 Å². The average Bonchev–Trinajstić information content (AvgIpc) is 2.61. The van der Waals surface area contributed by atoms with Gasteiger partial charge in [-0.1, -0.05) is 18.2 Å². The predicted molar refractivity (Wildman–Crippen MR) is 106 cm³/mol. The number of benzene rings is 2. The molecule has 0 aliphatic heterocycles.